The van der Waals surface area contributed by atoms with E-state index in [1.165, 1.54) is 0 Å². The van der Waals surface area contributed by atoms with Crippen molar-refractivity contribution in [2.75, 3.05) is 6.54 Å². The minimum absolute atomic E-state index is 0.00902. The van der Waals surface area contributed by atoms with Gasteiger partial charge in [0, 0.05) is 30.7 Å². The first kappa shape index (κ1) is 16.1. The molecule has 0 fully saturated rings. The van der Waals surface area contributed by atoms with Gasteiger partial charge in [-0.05, 0) is 13.3 Å². The quantitative estimate of drug-likeness (QED) is 0.909. The lowest BCUT2D eigenvalue weighted by Gasteiger charge is -2.21. The predicted octanol–water partition coefficient (Wildman–Crippen LogP) is 2.09. The number of fused-ring (bicyclic) bond motifs is 1. The zero-order chi connectivity index (χ0) is 16.4. The monoisotopic (exact) mass is 333 g/mol. The molecule has 1 N–H and O–H groups in total. The standard InChI is InChI=1S/C16H23N5OS/c1-10(2)16-19-13(9-23-16)6-7-17-15(22)12-4-5-14-18-11(3)20-21(14)8-12/h9-10,12H,4-8H2,1-3H3,(H,17,22). The Hall–Kier alpha value is -1.76. The van der Waals surface area contributed by atoms with Crippen molar-refractivity contribution in [1.82, 2.24) is 25.1 Å². The second-order valence-electron chi connectivity index (χ2n) is 6.37. The lowest BCUT2D eigenvalue weighted by atomic mass is 9.99. The van der Waals surface area contributed by atoms with Crippen LogP contribution in [0, 0.1) is 12.8 Å². The third-order valence-corrected chi connectivity index (χ3v) is 5.27. The molecule has 1 aliphatic heterocycles. The number of aryl methyl sites for hydroxylation is 2. The summed E-state index contributed by atoms with van der Waals surface area (Å²) in [6, 6.07) is 0. The fourth-order valence-electron chi connectivity index (χ4n) is 2.81. The third-order valence-electron chi connectivity index (χ3n) is 4.08. The summed E-state index contributed by atoms with van der Waals surface area (Å²) in [5, 5.41) is 10.6. The average Bonchev–Trinajstić information content (AvgIpc) is 3.11. The smallest absolute Gasteiger partial charge is 0.225 e. The molecule has 23 heavy (non-hydrogen) atoms. The third kappa shape index (κ3) is 3.77. The zero-order valence-electron chi connectivity index (χ0n) is 13.9. The number of hydrogen-bond donors (Lipinski definition) is 1. The molecule has 0 aromatic carbocycles. The lowest BCUT2D eigenvalue weighted by Crippen LogP contribution is -2.37. The van der Waals surface area contributed by atoms with Crippen LogP contribution in [0.25, 0.3) is 0 Å². The Morgan fingerprint density at radius 2 is 2.30 bits per heavy atom. The predicted molar refractivity (Wildman–Crippen MR) is 89.5 cm³/mol. The summed E-state index contributed by atoms with van der Waals surface area (Å²) in [5.41, 5.74) is 1.07. The van der Waals surface area contributed by atoms with Gasteiger partial charge in [0.25, 0.3) is 0 Å². The van der Waals surface area contributed by atoms with Gasteiger partial charge in [0.1, 0.15) is 11.6 Å². The summed E-state index contributed by atoms with van der Waals surface area (Å²) >= 11 is 1.70. The van der Waals surface area contributed by atoms with Gasteiger partial charge in [-0.15, -0.1) is 11.3 Å². The number of carbonyl (C=O) groups excluding carboxylic acids is 1. The zero-order valence-corrected chi connectivity index (χ0v) is 14.7. The van der Waals surface area contributed by atoms with E-state index in [2.05, 4.69) is 39.6 Å². The van der Waals surface area contributed by atoms with E-state index in [-0.39, 0.29) is 11.8 Å². The van der Waals surface area contributed by atoms with Crippen LogP contribution in [0.1, 0.15) is 48.5 Å². The molecule has 1 unspecified atom stereocenters. The molecule has 0 radical (unpaired) electrons. The molecule has 1 aliphatic rings. The van der Waals surface area contributed by atoms with Gasteiger partial charge < -0.3 is 5.32 Å². The number of thiazole rings is 1. The lowest BCUT2D eigenvalue weighted by molar-refractivity contribution is -0.126. The summed E-state index contributed by atoms with van der Waals surface area (Å²) in [6.45, 7) is 7.46. The summed E-state index contributed by atoms with van der Waals surface area (Å²) in [4.78, 5) is 21.3. The first-order valence-corrected chi connectivity index (χ1v) is 9.03. The summed E-state index contributed by atoms with van der Waals surface area (Å²) in [5.74, 6) is 2.35. The molecule has 0 bridgehead atoms. The molecule has 2 aromatic heterocycles. The van der Waals surface area contributed by atoms with E-state index in [0.717, 1.165) is 41.6 Å². The van der Waals surface area contributed by atoms with Crippen LogP contribution in [0.4, 0.5) is 0 Å². The van der Waals surface area contributed by atoms with E-state index in [9.17, 15) is 4.79 Å². The normalized spacial score (nSPS) is 17.3. The van der Waals surface area contributed by atoms with Crippen LogP contribution in [-0.2, 0) is 24.2 Å². The van der Waals surface area contributed by atoms with Gasteiger partial charge in [0.05, 0.1) is 23.2 Å². The minimum Gasteiger partial charge on any atom is -0.355 e. The maximum atomic E-state index is 12.3. The van der Waals surface area contributed by atoms with E-state index in [1.807, 2.05) is 11.6 Å². The Labute approximate surface area is 140 Å². The fraction of sp³-hybridized carbons (Fsp3) is 0.625. The molecule has 6 nitrogen and oxygen atoms in total. The van der Waals surface area contributed by atoms with Crippen LogP contribution < -0.4 is 5.32 Å². The molecule has 124 valence electrons. The maximum absolute atomic E-state index is 12.3. The number of nitrogens with zero attached hydrogens (tertiary/aromatic N) is 4. The van der Waals surface area contributed by atoms with Gasteiger partial charge in [-0.1, -0.05) is 13.8 Å². The van der Waals surface area contributed by atoms with Gasteiger partial charge >= 0.3 is 0 Å². The summed E-state index contributed by atoms with van der Waals surface area (Å²) in [7, 11) is 0. The highest BCUT2D eigenvalue weighted by Crippen LogP contribution is 2.20. The fourth-order valence-corrected chi connectivity index (χ4v) is 3.68. The Balaban J connectivity index is 1.48. The van der Waals surface area contributed by atoms with Crippen molar-refractivity contribution in [2.24, 2.45) is 5.92 Å². The van der Waals surface area contributed by atoms with Crippen LogP contribution in [0.3, 0.4) is 0 Å². The average molecular weight is 333 g/mol. The van der Waals surface area contributed by atoms with Gasteiger partial charge in [-0.3, -0.25) is 4.79 Å². The Morgan fingerprint density at radius 1 is 1.48 bits per heavy atom. The first-order valence-electron chi connectivity index (χ1n) is 8.15. The Kier molecular flexibility index (Phi) is 4.75. The highest BCUT2D eigenvalue weighted by molar-refractivity contribution is 7.09. The molecule has 2 aromatic rings. The van der Waals surface area contributed by atoms with Gasteiger partial charge in [0.15, 0.2) is 0 Å². The molecule has 7 heteroatoms. The van der Waals surface area contributed by atoms with Crippen LogP contribution >= 0.6 is 11.3 Å². The summed E-state index contributed by atoms with van der Waals surface area (Å²) in [6.07, 6.45) is 2.45. The van der Waals surface area contributed by atoms with Gasteiger partial charge in [-0.2, -0.15) is 5.10 Å². The second kappa shape index (κ2) is 6.78. The molecule has 0 saturated carbocycles. The number of hydrogen-bond acceptors (Lipinski definition) is 5. The SMILES string of the molecule is Cc1nc2n(n1)CC(C(=O)NCCc1csc(C(C)C)n1)CC2. The Morgan fingerprint density at radius 3 is 3.04 bits per heavy atom. The number of amides is 1. The van der Waals surface area contributed by atoms with Gasteiger partial charge in [-0.25, -0.2) is 14.6 Å². The molecule has 3 rings (SSSR count). The minimum atomic E-state index is -0.00902. The molecule has 3 heterocycles. The number of carbonyl (C=O) groups is 1. The number of nitrogens with one attached hydrogen (secondary N) is 1. The van der Waals surface area contributed by atoms with E-state index in [0.29, 0.717) is 19.0 Å². The molecular formula is C16H23N5OS. The number of aromatic nitrogens is 4. The van der Waals surface area contributed by atoms with Crippen molar-refractivity contribution in [3.05, 3.63) is 27.7 Å². The van der Waals surface area contributed by atoms with E-state index in [1.54, 1.807) is 11.3 Å². The van der Waals surface area contributed by atoms with Gasteiger partial charge in [0.2, 0.25) is 5.91 Å². The van der Waals surface area contributed by atoms with Crippen LogP contribution in [0.15, 0.2) is 5.38 Å². The highest BCUT2D eigenvalue weighted by atomic mass is 32.1. The molecule has 1 amide bonds. The van der Waals surface area contributed by atoms with E-state index >= 15 is 0 Å². The number of rotatable bonds is 5. The molecule has 0 aliphatic carbocycles. The summed E-state index contributed by atoms with van der Waals surface area (Å²) < 4.78 is 1.87. The van der Waals surface area contributed by atoms with Crippen molar-refractivity contribution in [3.8, 4) is 0 Å². The van der Waals surface area contributed by atoms with Crippen LogP contribution in [0.5, 0.6) is 0 Å². The van der Waals surface area contributed by atoms with Crippen molar-refractivity contribution < 1.29 is 4.79 Å². The van der Waals surface area contributed by atoms with E-state index in [4.69, 9.17) is 0 Å². The molecule has 1 atom stereocenters. The molecule has 0 spiro atoms. The van der Waals surface area contributed by atoms with Crippen LogP contribution in [-0.4, -0.2) is 32.2 Å². The van der Waals surface area contributed by atoms with E-state index < -0.39 is 0 Å². The molecular weight excluding hydrogens is 310 g/mol. The molecule has 0 saturated heterocycles. The Bertz CT molecular complexity index is 690. The second-order valence-corrected chi connectivity index (χ2v) is 7.26. The highest BCUT2D eigenvalue weighted by Gasteiger charge is 2.26. The largest absolute Gasteiger partial charge is 0.355 e. The van der Waals surface area contributed by atoms with Crippen molar-refractivity contribution in [2.45, 2.75) is 52.5 Å². The van der Waals surface area contributed by atoms with Crippen molar-refractivity contribution in [3.63, 3.8) is 0 Å². The van der Waals surface area contributed by atoms with Crippen LogP contribution in [0.2, 0.25) is 0 Å². The van der Waals surface area contributed by atoms with Crippen molar-refractivity contribution in [1.29, 1.82) is 0 Å². The topological polar surface area (TPSA) is 72.7 Å². The van der Waals surface area contributed by atoms with Crippen molar-refractivity contribution >= 4 is 17.2 Å². The maximum Gasteiger partial charge on any atom is 0.225 e. The first-order chi connectivity index (χ1) is 11.0.